The molecule has 3 atom stereocenters. The Kier molecular flexibility index (Phi) is 4.51. The van der Waals surface area contributed by atoms with Crippen LogP contribution in [-0.4, -0.2) is 36.8 Å². The largest absolute Gasteiger partial charge is 0.464 e. The van der Waals surface area contributed by atoms with E-state index in [4.69, 9.17) is 8.83 Å². The molecule has 1 saturated heterocycles. The third-order valence-corrected chi connectivity index (χ3v) is 7.35. The van der Waals surface area contributed by atoms with Crippen LogP contribution in [0.2, 0.25) is 0 Å². The number of amides is 1. The molecule has 2 aromatic rings. The van der Waals surface area contributed by atoms with Crippen molar-refractivity contribution in [1.82, 2.24) is 4.90 Å². The van der Waals surface area contributed by atoms with E-state index in [1.54, 1.807) is 17.0 Å². The molecule has 0 spiro atoms. The number of hydrogen-bond donors (Lipinski definition) is 0. The number of furan rings is 2. The molecule has 0 radical (unpaired) electrons. The average molecular weight is 442 g/mol. The van der Waals surface area contributed by atoms with Crippen LogP contribution in [0.25, 0.3) is 0 Å². The molecule has 3 heterocycles. The van der Waals surface area contributed by atoms with Crippen molar-refractivity contribution in [1.29, 1.82) is 0 Å². The molecule has 2 aliphatic rings. The summed E-state index contributed by atoms with van der Waals surface area (Å²) < 4.78 is 35.6. The van der Waals surface area contributed by atoms with E-state index in [9.17, 15) is 13.2 Å². The molecule has 1 aliphatic heterocycles. The molecule has 8 heteroatoms. The highest BCUT2D eigenvalue weighted by molar-refractivity contribution is 9.10. The van der Waals surface area contributed by atoms with Crippen LogP contribution in [-0.2, 0) is 16.4 Å². The molecule has 1 amide bonds. The average Bonchev–Trinajstić information content (AvgIpc) is 2.99. The Morgan fingerprint density at radius 1 is 1.27 bits per heavy atom. The number of halogens is 1. The lowest BCUT2D eigenvalue weighted by Gasteiger charge is -2.26. The lowest BCUT2D eigenvalue weighted by atomic mass is 10.2. The first-order chi connectivity index (χ1) is 12.3. The number of nitrogens with zero attached hydrogens (tertiary/aromatic N) is 1. The third-order valence-electron chi connectivity index (χ3n) is 5.18. The maximum atomic E-state index is 12.9. The number of rotatable bonds is 5. The van der Waals surface area contributed by atoms with E-state index in [-0.39, 0.29) is 35.8 Å². The molecular formula is C18H20BrNO5S. The van der Waals surface area contributed by atoms with Gasteiger partial charge in [0.25, 0.3) is 5.91 Å². The van der Waals surface area contributed by atoms with Crippen LogP contribution in [0.1, 0.15) is 47.8 Å². The van der Waals surface area contributed by atoms with Gasteiger partial charge in [0.15, 0.2) is 20.3 Å². The molecule has 2 fully saturated rings. The van der Waals surface area contributed by atoms with Crippen molar-refractivity contribution >= 4 is 31.7 Å². The van der Waals surface area contributed by atoms with Crippen LogP contribution in [0, 0.1) is 5.92 Å². The van der Waals surface area contributed by atoms with Crippen molar-refractivity contribution in [2.75, 3.05) is 11.5 Å². The molecule has 4 rings (SSSR count). The zero-order valence-electron chi connectivity index (χ0n) is 14.4. The maximum Gasteiger partial charge on any atom is 0.290 e. The van der Waals surface area contributed by atoms with Crippen LogP contribution >= 0.6 is 15.9 Å². The fraction of sp³-hybridized carbons (Fsp3) is 0.500. The van der Waals surface area contributed by atoms with Crippen molar-refractivity contribution in [3.05, 3.63) is 46.2 Å². The Hall–Kier alpha value is -1.54. The summed E-state index contributed by atoms with van der Waals surface area (Å²) in [5.74, 6) is 2.65. The van der Waals surface area contributed by atoms with E-state index in [2.05, 4.69) is 22.9 Å². The lowest BCUT2D eigenvalue weighted by Crippen LogP contribution is -2.40. The van der Waals surface area contributed by atoms with Gasteiger partial charge in [-0.25, -0.2) is 8.42 Å². The predicted octanol–water partition coefficient (Wildman–Crippen LogP) is 3.59. The van der Waals surface area contributed by atoms with E-state index in [0.717, 1.165) is 12.2 Å². The summed E-state index contributed by atoms with van der Waals surface area (Å²) in [7, 11) is -3.11. The van der Waals surface area contributed by atoms with Crippen LogP contribution in [0.5, 0.6) is 0 Å². The van der Waals surface area contributed by atoms with Gasteiger partial charge < -0.3 is 13.7 Å². The molecule has 2 aromatic heterocycles. The van der Waals surface area contributed by atoms with E-state index < -0.39 is 9.84 Å². The van der Waals surface area contributed by atoms with Crippen molar-refractivity contribution in [2.45, 2.75) is 38.3 Å². The van der Waals surface area contributed by atoms with Crippen molar-refractivity contribution in [3.63, 3.8) is 0 Å². The second-order valence-corrected chi connectivity index (χ2v) is 10.2. The SMILES string of the molecule is CC1CC1c1ccc(CN(C(=O)c2ccc(Br)o2)C2CCS(=O)(=O)C2)o1. The van der Waals surface area contributed by atoms with Crippen molar-refractivity contribution in [2.24, 2.45) is 5.92 Å². The van der Waals surface area contributed by atoms with Crippen LogP contribution in [0.15, 0.2) is 37.8 Å². The van der Waals surface area contributed by atoms with Gasteiger partial charge in [-0.3, -0.25) is 4.79 Å². The zero-order valence-corrected chi connectivity index (χ0v) is 16.8. The summed E-state index contributed by atoms with van der Waals surface area (Å²) >= 11 is 3.20. The summed E-state index contributed by atoms with van der Waals surface area (Å²) in [4.78, 5) is 14.5. The van der Waals surface area contributed by atoms with E-state index >= 15 is 0 Å². The topological polar surface area (TPSA) is 80.7 Å². The van der Waals surface area contributed by atoms with Crippen LogP contribution < -0.4 is 0 Å². The van der Waals surface area contributed by atoms with Crippen molar-refractivity contribution in [3.8, 4) is 0 Å². The molecule has 26 heavy (non-hydrogen) atoms. The molecular weight excluding hydrogens is 422 g/mol. The molecule has 0 N–H and O–H groups in total. The van der Waals surface area contributed by atoms with E-state index in [1.807, 2.05) is 12.1 Å². The first-order valence-electron chi connectivity index (χ1n) is 8.68. The second-order valence-electron chi connectivity index (χ2n) is 7.22. The van der Waals surface area contributed by atoms with Gasteiger partial charge in [0.2, 0.25) is 0 Å². The fourth-order valence-corrected chi connectivity index (χ4v) is 5.56. The first kappa shape index (κ1) is 17.9. The minimum atomic E-state index is -3.11. The molecule has 1 saturated carbocycles. The maximum absolute atomic E-state index is 12.9. The summed E-state index contributed by atoms with van der Waals surface area (Å²) in [6.45, 7) is 2.42. The van der Waals surface area contributed by atoms with Gasteiger partial charge >= 0.3 is 0 Å². The molecule has 3 unspecified atom stereocenters. The lowest BCUT2D eigenvalue weighted by molar-refractivity contribution is 0.0631. The highest BCUT2D eigenvalue weighted by Crippen LogP contribution is 2.47. The minimum absolute atomic E-state index is 0.0200. The Morgan fingerprint density at radius 3 is 2.62 bits per heavy atom. The van der Waals surface area contributed by atoms with E-state index in [0.29, 0.717) is 28.7 Å². The predicted molar refractivity (Wildman–Crippen MR) is 98.6 cm³/mol. The summed E-state index contributed by atoms with van der Waals surface area (Å²) in [5, 5.41) is 0. The first-order valence-corrected chi connectivity index (χ1v) is 11.3. The Bertz CT molecular complexity index is 931. The smallest absolute Gasteiger partial charge is 0.290 e. The third kappa shape index (κ3) is 3.62. The molecule has 1 aliphatic carbocycles. The quantitative estimate of drug-likeness (QED) is 0.707. The highest BCUT2D eigenvalue weighted by Gasteiger charge is 2.38. The summed E-state index contributed by atoms with van der Waals surface area (Å²) in [6, 6.07) is 6.70. The van der Waals surface area contributed by atoms with Gasteiger partial charge in [0.05, 0.1) is 18.1 Å². The minimum Gasteiger partial charge on any atom is -0.464 e. The number of hydrogen-bond acceptors (Lipinski definition) is 5. The zero-order chi connectivity index (χ0) is 18.5. The molecule has 140 valence electrons. The van der Waals surface area contributed by atoms with Crippen LogP contribution in [0.3, 0.4) is 0 Å². The van der Waals surface area contributed by atoms with Gasteiger partial charge in [-0.1, -0.05) is 6.92 Å². The molecule has 0 bridgehead atoms. The standard InChI is InChI=1S/C18H20BrNO5S/c1-11-8-14(11)15-3-2-13(24-15)9-20(12-6-7-26(22,23)10-12)18(21)16-4-5-17(19)25-16/h2-5,11-12,14H,6-10H2,1H3. The van der Waals surface area contributed by atoms with Gasteiger partial charge in [0, 0.05) is 12.0 Å². The van der Waals surface area contributed by atoms with Gasteiger partial charge in [-0.05, 0) is 59.0 Å². The van der Waals surface area contributed by atoms with Gasteiger partial charge in [-0.15, -0.1) is 0 Å². The highest BCUT2D eigenvalue weighted by atomic mass is 79.9. The van der Waals surface area contributed by atoms with E-state index in [1.165, 1.54) is 0 Å². The Labute approximate surface area is 160 Å². The molecule has 0 aromatic carbocycles. The molecule has 6 nitrogen and oxygen atoms in total. The summed E-state index contributed by atoms with van der Waals surface area (Å²) in [6.07, 6.45) is 1.56. The fourth-order valence-electron chi connectivity index (χ4n) is 3.52. The van der Waals surface area contributed by atoms with Gasteiger partial charge in [-0.2, -0.15) is 0 Å². The number of carbonyl (C=O) groups is 1. The monoisotopic (exact) mass is 441 g/mol. The normalized spacial score (nSPS) is 26.8. The Morgan fingerprint density at radius 2 is 2.04 bits per heavy atom. The number of sulfone groups is 1. The summed E-state index contributed by atoms with van der Waals surface area (Å²) in [5.41, 5.74) is 0. The van der Waals surface area contributed by atoms with Gasteiger partial charge in [0.1, 0.15) is 11.5 Å². The van der Waals surface area contributed by atoms with Crippen LogP contribution in [0.4, 0.5) is 0 Å². The Balaban J connectivity index is 1.58. The number of carbonyl (C=O) groups excluding carboxylic acids is 1. The van der Waals surface area contributed by atoms with Crippen molar-refractivity contribution < 1.29 is 22.0 Å². The second kappa shape index (κ2) is 6.56.